The zero-order valence-corrected chi connectivity index (χ0v) is 8.22. The Morgan fingerprint density at radius 2 is 2.13 bits per heavy atom. The number of nitrogens with two attached hydrogens (primary N) is 1. The molecule has 0 aliphatic carbocycles. The van der Waals surface area contributed by atoms with Crippen molar-refractivity contribution in [1.29, 1.82) is 5.26 Å². The second kappa shape index (κ2) is 5.78. The van der Waals surface area contributed by atoms with Crippen LogP contribution < -0.4 is 5.73 Å². The van der Waals surface area contributed by atoms with Crippen molar-refractivity contribution in [2.75, 3.05) is 6.54 Å². The molecule has 1 unspecified atom stereocenters. The molecule has 15 heavy (non-hydrogen) atoms. The van der Waals surface area contributed by atoms with E-state index < -0.39 is 11.9 Å². The standard InChI is InChI=1S/C11H12N2O2/c12-6-10(7-13)11(14)15-8-9-4-2-1-3-5-9/h1-5,10H,6,8,12H2. The Kier molecular flexibility index (Phi) is 4.32. The third-order valence-corrected chi connectivity index (χ3v) is 1.90. The fraction of sp³-hybridized carbons (Fsp3) is 0.273. The summed E-state index contributed by atoms with van der Waals surface area (Å²) in [5, 5.41) is 8.56. The molecule has 0 radical (unpaired) electrons. The van der Waals surface area contributed by atoms with Gasteiger partial charge in [-0.15, -0.1) is 0 Å². The number of carbonyl (C=O) groups excluding carboxylic acids is 1. The molecule has 0 aromatic heterocycles. The van der Waals surface area contributed by atoms with E-state index in [1.54, 1.807) is 6.07 Å². The summed E-state index contributed by atoms with van der Waals surface area (Å²) in [6, 6.07) is 11.1. The van der Waals surface area contributed by atoms with Crippen LogP contribution >= 0.6 is 0 Å². The molecule has 0 fully saturated rings. The number of esters is 1. The number of hydrogen-bond donors (Lipinski definition) is 1. The van der Waals surface area contributed by atoms with Gasteiger partial charge in [-0.25, -0.2) is 0 Å². The topological polar surface area (TPSA) is 76.1 Å². The van der Waals surface area contributed by atoms with Crippen molar-refractivity contribution in [1.82, 2.24) is 0 Å². The lowest BCUT2D eigenvalue weighted by Gasteiger charge is -2.07. The summed E-state index contributed by atoms with van der Waals surface area (Å²) in [5.41, 5.74) is 6.12. The minimum Gasteiger partial charge on any atom is -0.460 e. The lowest BCUT2D eigenvalue weighted by Crippen LogP contribution is -2.24. The molecular weight excluding hydrogens is 192 g/mol. The van der Waals surface area contributed by atoms with Crippen molar-refractivity contribution in [3.8, 4) is 6.07 Å². The predicted octanol–water partition coefficient (Wildman–Crippen LogP) is 0.828. The number of rotatable bonds is 4. The van der Waals surface area contributed by atoms with Crippen LogP contribution in [0, 0.1) is 17.2 Å². The Morgan fingerprint density at radius 1 is 1.47 bits per heavy atom. The van der Waals surface area contributed by atoms with Crippen LogP contribution in [0.3, 0.4) is 0 Å². The zero-order chi connectivity index (χ0) is 11.1. The molecule has 1 rings (SSSR count). The average molecular weight is 204 g/mol. The van der Waals surface area contributed by atoms with E-state index in [0.29, 0.717) is 0 Å². The first kappa shape index (κ1) is 11.2. The van der Waals surface area contributed by atoms with E-state index in [1.165, 1.54) is 0 Å². The van der Waals surface area contributed by atoms with Crippen molar-refractivity contribution >= 4 is 5.97 Å². The van der Waals surface area contributed by atoms with E-state index in [0.717, 1.165) is 5.56 Å². The fourth-order valence-electron chi connectivity index (χ4n) is 1.03. The van der Waals surface area contributed by atoms with Crippen LogP contribution in [0.1, 0.15) is 5.56 Å². The van der Waals surface area contributed by atoms with Gasteiger partial charge in [0.1, 0.15) is 6.61 Å². The summed E-state index contributed by atoms with van der Waals surface area (Å²) in [5.74, 6) is -1.43. The van der Waals surface area contributed by atoms with Gasteiger partial charge < -0.3 is 10.5 Å². The van der Waals surface area contributed by atoms with E-state index in [-0.39, 0.29) is 13.2 Å². The van der Waals surface area contributed by atoms with Gasteiger partial charge in [0, 0.05) is 6.54 Å². The highest BCUT2D eigenvalue weighted by Crippen LogP contribution is 2.03. The number of benzene rings is 1. The van der Waals surface area contributed by atoms with Gasteiger partial charge in [0.15, 0.2) is 5.92 Å². The summed E-state index contributed by atoms with van der Waals surface area (Å²) in [4.78, 5) is 11.3. The van der Waals surface area contributed by atoms with E-state index in [4.69, 9.17) is 15.7 Å². The Bertz CT molecular complexity index is 357. The largest absolute Gasteiger partial charge is 0.460 e. The second-order valence-corrected chi connectivity index (χ2v) is 3.01. The summed E-state index contributed by atoms with van der Waals surface area (Å²) in [6.07, 6.45) is 0. The first-order valence-electron chi connectivity index (χ1n) is 4.58. The van der Waals surface area contributed by atoms with Crippen molar-refractivity contribution in [2.45, 2.75) is 6.61 Å². The smallest absolute Gasteiger partial charge is 0.324 e. The molecule has 0 bridgehead atoms. The van der Waals surface area contributed by atoms with Crippen molar-refractivity contribution in [2.24, 2.45) is 11.7 Å². The maximum Gasteiger partial charge on any atom is 0.324 e. The van der Waals surface area contributed by atoms with Gasteiger partial charge in [0.05, 0.1) is 6.07 Å². The van der Waals surface area contributed by atoms with E-state index >= 15 is 0 Å². The highest BCUT2D eigenvalue weighted by molar-refractivity contribution is 5.75. The lowest BCUT2D eigenvalue weighted by molar-refractivity contribution is -0.147. The Balaban J connectivity index is 2.45. The maximum atomic E-state index is 11.3. The molecule has 1 atom stereocenters. The van der Waals surface area contributed by atoms with Crippen molar-refractivity contribution in [3.63, 3.8) is 0 Å². The van der Waals surface area contributed by atoms with E-state index in [9.17, 15) is 4.79 Å². The van der Waals surface area contributed by atoms with Crippen molar-refractivity contribution < 1.29 is 9.53 Å². The maximum absolute atomic E-state index is 11.3. The minimum atomic E-state index is -0.867. The highest BCUT2D eigenvalue weighted by Gasteiger charge is 2.17. The van der Waals surface area contributed by atoms with Crippen LogP contribution in [-0.4, -0.2) is 12.5 Å². The highest BCUT2D eigenvalue weighted by atomic mass is 16.5. The van der Waals surface area contributed by atoms with Gasteiger partial charge in [0.2, 0.25) is 0 Å². The molecule has 78 valence electrons. The molecule has 0 heterocycles. The molecule has 0 amide bonds. The van der Waals surface area contributed by atoms with Gasteiger partial charge in [-0.3, -0.25) is 4.79 Å². The van der Waals surface area contributed by atoms with E-state index in [1.807, 2.05) is 30.3 Å². The van der Waals surface area contributed by atoms with Gasteiger partial charge in [0.25, 0.3) is 0 Å². The molecule has 0 saturated heterocycles. The van der Waals surface area contributed by atoms with Crippen LogP contribution in [0.4, 0.5) is 0 Å². The summed E-state index contributed by atoms with van der Waals surface area (Å²) < 4.78 is 4.93. The molecule has 0 saturated carbocycles. The molecule has 1 aromatic carbocycles. The van der Waals surface area contributed by atoms with E-state index in [2.05, 4.69) is 0 Å². The normalized spacial score (nSPS) is 11.5. The number of ether oxygens (including phenoxy) is 1. The first-order chi connectivity index (χ1) is 7.27. The first-order valence-corrected chi connectivity index (χ1v) is 4.58. The van der Waals surface area contributed by atoms with Crippen LogP contribution in [-0.2, 0) is 16.1 Å². The molecule has 0 aliphatic heterocycles. The zero-order valence-electron chi connectivity index (χ0n) is 8.22. The van der Waals surface area contributed by atoms with Crippen LogP contribution in [0.15, 0.2) is 30.3 Å². The molecule has 4 heteroatoms. The summed E-state index contributed by atoms with van der Waals surface area (Å²) in [6.45, 7) is 0.169. The van der Waals surface area contributed by atoms with Crippen molar-refractivity contribution in [3.05, 3.63) is 35.9 Å². The molecular formula is C11H12N2O2. The van der Waals surface area contributed by atoms with Gasteiger partial charge in [-0.2, -0.15) is 5.26 Å². The number of hydrogen-bond acceptors (Lipinski definition) is 4. The molecule has 0 aliphatic rings. The molecule has 1 aromatic rings. The number of carbonyl (C=O) groups is 1. The summed E-state index contributed by atoms with van der Waals surface area (Å²) >= 11 is 0. The Hall–Kier alpha value is -1.86. The number of nitrogens with zero attached hydrogens (tertiary/aromatic N) is 1. The third-order valence-electron chi connectivity index (χ3n) is 1.90. The molecule has 2 N–H and O–H groups in total. The van der Waals surface area contributed by atoms with Gasteiger partial charge in [-0.1, -0.05) is 30.3 Å². The average Bonchev–Trinajstić information content (AvgIpc) is 2.29. The predicted molar refractivity (Wildman–Crippen MR) is 54.4 cm³/mol. The monoisotopic (exact) mass is 204 g/mol. The second-order valence-electron chi connectivity index (χ2n) is 3.01. The van der Waals surface area contributed by atoms with Crippen LogP contribution in [0.25, 0.3) is 0 Å². The lowest BCUT2D eigenvalue weighted by atomic mass is 10.2. The summed E-state index contributed by atoms with van der Waals surface area (Å²) in [7, 11) is 0. The molecule has 4 nitrogen and oxygen atoms in total. The van der Waals surface area contributed by atoms with Gasteiger partial charge >= 0.3 is 5.97 Å². The fourth-order valence-corrected chi connectivity index (χ4v) is 1.03. The minimum absolute atomic E-state index is 0.00980. The number of nitriles is 1. The van der Waals surface area contributed by atoms with Crippen LogP contribution in [0.2, 0.25) is 0 Å². The quantitative estimate of drug-likeness (QED) is 0.737. The molecule has 0 spiro atoms. The third kappa shape index (κ3) is 3.41. The Morgan fingerprint density at radius 3 is 2.67 bits per heavy atom. The Labute approximate surface area is 88.3 Å². The van der Waals surface area contributed by atoms with Gasteiger partial charge in [-0.05, 0) is 5.56 Å². The van der Waals surface area contributed by atoms with Crippen LogP contribution in [0.5, 0.6) is 0 Å². The SMILES string of the molecule is N#CC(CN)C(=O)OCc1ccccc1.